The molecule has 0 saturated carbocycles. The molecule has 0 spiro atoms. The van der Waals surface area contributed by atoms with Gasteiger partial charge in [-0.2, -0.15) is 13.2 Å². The lowest BCUT2D eigenvalue weighted by atomic mass is 10.2. The van der Waals surface area contributed by atoms with Crippen LogP contribution in [0.5, 0.6) is 0 Å². The van der Waals surface area contributed by atoms with Crippen LogP contribution in [0.2, 0.25) is 0 Å². The van der Waals surface area contributed by atoms with E-state index in [4.69, 9.17) is 0 Å². The Hall–Kier alpha value is -1.78. The maximum Gasteiger partial charge on any atom is 0.454 e. The number of ketones is 1. The van der Waals surface area contributed by atoms with Crippen molar-refractivity contribution in [3.05, 3.63) is 41.6 Å². The third-order valence-corrected chi connectivity index (χ3v) is 2.02. The second kappa shape index (κ2) is 5.03. The number of allylic oxidation sites excluding steroid dienone is 2. The molecule has 1 aromatic rings. The Morgan fingerprint density at radius 3 is 2.24 bits per heavy atom. The zero-order valence-corrected chi connectivity index (χ0v) is 9.43. The van der Waals surface area contributed by atoms with Gasteiger partial charge in [0, 0.05) is 17.5 Å². The average Bonchev–Trinajstić information content (AvgIpc) is 2.20. The number of halogens is 3. The van der Waals surface area contributed by atoms with E-state index < -0.39 is 12.0 Å². The highest BCUT2D eigenvalue weighted by atomic mass is 19.4. The summed E-state index contributed by atoms with van der Waals surface area (Å²) in [6.07, 6.45) is -4.28. The van der Waals surface area contributed by atoms with Crippen LogP contribution in [-0.2, 0) is 4.79 Å². The van der Waals surface area contributed by atoms with Gasteiger partial charge < -0.3 is 5.32 Å². The van der Waals surface area contributed by atoms with Crippen LogP contribution in [0.3, 0.4) is 0 Å². The van der Waals surface area contributed by atoms with Gasteiger partial charge in [0.2, 0.25) is 0 Å². The van der Waals surface area contributed by atoms with E-state index in [9.17, 15) is 18.0 Å². The van der Waals surface area contributed by atoms with E-state index in [1.807, 2.05) is 19.1 Å². The third kappa shape index (κ3) is 4.30. The second-order valence-corrected chi connectivity index (χ2v) is 3.68. The number of hydrogen-bond acceptors (Lipinski definition) is 2. The molecule has 1 aromatic carbocycles. The van der Waals surface area contributed by atoms with Crippen molar-refractivity contribution in [3.63, 3.8) is 0 Å². The molecule has 0 unspecified atom stereocenters. The van der Waals surface area contributed by atoms with Crippen molar-refractivity contribution in [3.8, 4) is 0 Å². The van der Waals surface area contributed by atoms with Crippen LogP contribution in [0.25, 0.3) is 0 Å². The number of benzene rings is 1. The molecule has 0 bridgehead atoms. The van der Waals surface area contributed by atoms with E-state index in [1.165, 1.54) is 6.92 Å². The SMILES string of the molecule is C/C(=C/C(=O)C(F)(F)F)Nc1ccc(C)cc1. The first-order valence-corrected chi connectivity index (χ1v) is 4.92. The molecule has 5 heteroatoms. The van der Waals surface area contributed by atoms with Crippen molar-refractivity contribution < 1.29 is 18.0 Å². The fraction of sp³-hybridized carbons (Fsp3) is 0.250. The largest absolute Gasteiger partial charge is 0.454 e. The molecule has 0 aliphatic carbocycles. The van der Waals surface area contributed by atoms with Crippen LogP contribution in [0.15, 0.2) is 36.0 Å². The summed E-state index contributed by atoms with van der Waals surface area (Å²) in [6.45, 7) is 3.31. The molecule has 0 aliphatic heterocycles. The molecule has 0 aliphatic rings. The van der Waals surface area contributed by atoms with Gasteiger partial charge in [0.25, 0.3) is 5.78 Å². The fourth-order valence-corrected chi connectivity index (χ4v) is 1.18. The monoisotopic (exact) mass is 243 g/mol. The molecule has 0 fully saturated rings. The van der Waals surface area contributed by atoms with Crippen LogP contribution in [0, 0.1) is 6.92 Å². The maximum absolute atomic E-state index is 12.0. The minimum Gasteiger partial charge on any atom is -0.359 e. The van der Waals surface area contributed by atoms with Crippen LogP contribution < -0.4 is 5.32 Å². The molecule has 0 atom stereocenters. The Balaban J connectivity index is 2.72. The van der Waals surface area contributed by atoms with E-state index in [0.717, 1.165) is 5.56 Å². The molecular weight excluding hydrogens is 231 g/mol. The van der Waals surface area contributed by atoms with Gasteiger partial charge in [-0.05, 0) is 26.0 Å². The van der Waals surface area contributed by atoms with Crippen LogP contribution >= 0.6 is 0 Å². The quantitative estimate of drug-likeness (QED) is 0.824. The van der Waals surface area contributed by atoms with E-state index >= 15 is 0 Å². The van der Waals surface area contributed by atoms with Crippen molar-refractivity contribution in [1.29, 1.82) is 0 Å². The second-order valence-electron chi connectivity index (χ2n) is 3.68. The van der Waals surface area contributed by atoms with Gasteiger partial charge in [0.05, 0.1) is 0 Å². The van der Waals surface area contributed by atoms with Gasteiger partial charge in [-0.15, -0.1) is 0 Å². The molecule has 2 nitrogen and oxygen atoms in total. The smallest absolute Gasteiger partial charge is 0.359 e. The lowest BCUT2D eigenvalue weighted by Gasteiger charge is -2.07. The summed E-state index contributed by atoms with van der Waals surface area (Å²) in [5.74, 6) is -1.87. The van der Waals surface area contributed by atoms with Crippen molar-refractivity contribution in [1.82, 2.24) is 0 Å². The standard InChI is InChI=1S/C12H12F3NO/c1-8-3-5-10(6-4-8)16-9(2)7-11(17)12(13,14)15/h3-7,16H,1-2H3/b9-7-. The highest BCUT2D eigenvalue weighted by Crippen LogP contribution is 2.18. The number of hydrogen-bond donors (Lipinski definition) is 1. The van der Waals surface area contributed by atoms with Gasteiger partial charge in [-0.1, -0.05) is 17.7 Å². The number of aryl methyl sites for hydroxylation is 1. The zero-order valence-electron chi connectivity index (χ0n) is 9.43. The Labute approximate surface area is 97.1 Å². The number of rotatable bonds is 3. The summed E-state index contributed by atoms with van der Waals surface area (Å²) in [5, 5.41) is 2.71. The predicted molar refractivity (Wildman–Crippen MR) is 59.6 cm³/mol. The van der Waals surface area contributed by atoms with Crippen LogP contribution in [0.1, 0.15) is 12.5 Å². The zero-order chi connectivity index (χ0) is 13.1. The van der Waals surface area contributed by atoms with E-state index in [1.54, 1.807) is 12.1 Å². The molecule has 1 N–H and O–H groups in total. The van der Waals surface area contributed by atoms with Crippen LogP contribution in [0.4, 0.5) is 18.9 Å². The molecule has 92 valence electrons. The summed E-state index contributed by atoms with van der Waals surface area (Å²) < 4.78 is 35.9. The number of nitrogens with one attached hydrogen (secondary N) is 1. The van der Waals surface area contributed by atoms with Gasteiger partial charge in [-0.25, -0.2) is 0 Å². The molecule has 0 aromatic heterocycles. The first kappa shape index (κ1) is 13.3. The molecule has 0 saturated heterocycles. The Morgan fingerprint density at radius 2 is 1.76 bits per heavy atom. The van der Waals surface area contributed by atoms with Crippen LogP contribution in [-0.4, -0.2) is 12.0 Å². The number of alkyl halides is 3. The lowest BCUT2D eigenvalue weighted by Crippen LogP contribution is -2.21. The van der Waals surface area contributed by atoms with Crippen molar-refractivity contribution in [2.45, 2.75) is 20.0 Å². The van der Waals surface area contributed by atoms with Gasteiger partial charge in [0.1, 0.15) is 0 Å². The number of anilines is 1. The summed E-state index contributed by atoms with van der Waals surface area (Å²) in [4.78, 5) is 10.7. The Morgan fingerprint density at radius 1 is 1.24 bits per heavy atom. The van der Waals surface area contributed by atoms with E-state index in [0.29, 0.717) is 11.8 Å². The van der Waals surface area contributed by atoms with E-state index in [-0.39, 0.29) is 5.70 Å². The Bertz CT molecular complexity index is 432. The number of carbonyl (C=O) groups excluding carboxylic acids is 1. The summed E-state index contributed by atoms with van der Waals surface area (Å²) in [7, 11) is 0. The maximum atomic E-state index is 12.0. The Kier molecular flexibility index (Phi) is 3.93. The predicted octanol–water partition coefficient (Wildman–Crippen LogP) is 3.44. The molecule has 0 amide bonds. The van der Waals surface area contributed by atoms with Gasteiger partial charge in [0.15, 0.2) is 0 Å². The molecule has 0 heterocycles. The minimum absolute atomic E-state index is 0.149. The fourth-order valence-electron chi connectivity index (χ4n) is 1.18. The van der Waals surface area contributed by atoms with Crippen molar-refractivity contribution in [2.75, 3.05) is 5.32 Å². The molecule has 0 radical (unpaired) electrons. The number of carbonyl (C=O) groups is 1. The first-order valence-electron chi connectivity index (χ1n) is 4.92. The van der Waals surface area contributed by atoms with Crippen molar-refractivity contribution >= 4 is 11.5 Å². The summed E-state index contributed by atoms with van der Waals surface area (Å²) in [6, 6.07) is 7.10. The lowest BCUT2D eigenvalue weighted by molar-refractivity contribution is -0.165. The first-order chi connectivity index (χ1) is 7.79. The highest BCUT2D eigenvalue weighted by Gasteiger charge is 2.36. The van der Waals surface area contributed by atoms with Gasteiger partial charge >= 0.3 is 6.18 Å². The van der Waals surface area contributed by atoms with Crippen molar-refractivity contribution in [2.24, 2.45) is 0 Å². The minimum atomic E-state index is -4.82. The average molecular weight is 243 g/mol. The van der Waals surface area contributed by atoms with E-state index in [2.05, 4.69) is 5.32 Å². The molecule has 17 heavy (non-hydrogen) atoms. The highest BCUT2D eigenvalue weighted by molar-refractivity contribution is 5.95. The van der Waals surface area contributed by atoms with Gasteiger partial charge in [-0.3, -0.25) is 4.79 Å². The topological polar surface area (TPSA) is 29.1 Å². The normalized spacial score (nSPS) is 12.4. The molecule has 1 rings (SSSR count). The molecular formula is C12H12F3NO. The summed E-state index contributed by atoms with van der Waals surface area (Å²) >= 11 is 0. The third-order valence-electron chi connectivity index (χ3n) is 2.02. The summed E-state index contributed by atoms with van der Waals surface area (Å²) in [5.41, 5.74) is 1.83.